The number of aliphatic hydroxyl groups excluding tert-OH is 1. The molecule has 2 heterocycles. The quantitative estimate of drug-likeness (QED) is 0.928. The number of aliphatic hydroxyl groups is 1. The number of para-hydroxylation sites is 1. The summed E-state index contributed by atoms with van der Waals surface area (Å²) in [6.45, 7) is 7.86. The number of likely N-dealkylation sites (tertiary alicyclic amines) is 1. The Kier molecular flexibility index (Phi) is 4.52. The first kappa shape index (κ1) is 17.0. The van der Waals surface area contributed by atoms with Crippen LogP contribution < -0.4 is 0 Å². The van der Waals surface area contributed by atoms with Crippen molar-refractivity contribution in [2.75, 3.05) is 19.7 Å². The smallest absolute Gasteiger partial charge is 0.0708 e. The maximum atomic E-state index is 10.4. The number of benzene rings is 1. The van der Waals surface area contributed by atoms with E-state index in [2.05, 4.69) is 47.1 Å². The predicted octanol–water partition coefficient (Wildman–Crippen LogP) is 3.30. The van der Waals surface area contributed by atoms with Gasteiger partial charge in [-0.1, -0.05) is 18.2 Å². The van der Waals surface area contributed by atoms with Crippen molar-refractivity contribution >= 4 is 10.9 Å². The Bertz CT molecular complexity index is 751. The molecule has 1 saturated heterocycles. The zero-order valence-corrected chi connectivity index (χ0v) is 15.2. The second-order valence-corrected chi connectivity index (χ2v) is 7.64. The van der Waals surface area contributed by atoms with Crippen molar-refractivity contribution in [3.05, 3.63) is 41.6 Å². The molecular formula is C21H28N2O2. The van der Waals surface area contributed by atoms with Crippen molar-refractivity contribution in [3.63, 3.8) is 0 Å². The lowest BCUT2D eigenvalue weighted by molar-refractivity contribution is -0.209. The maximum Gasteiger partial charge on any atom is 0.0708 e. The fourth-order valence-corrected chi connectivity index (χ4v) is 4.71. The highest BCUT2D eigenvalue weighted by atomic mass is 16.5. The van der Waals surface area contributed by atoms with Gasteiger partial charge in [0.15, 0.2) is 0 Å². The molecule has 1 aliphatic heterocycles. The largest absolute Gasteiger partial charge is 0.392 e. The van der Waals surface area contributed by atoms with E-state index in [1.54, 1.807) is 0 Å². The Morgan fingerprint density at radius 2 is 2.04 bits per heavy atom. The van der Waals surface area contributed by atoms with Gasteiger partial charge in [0.05, 0.1) is 17.7 Å². The van der Waals surface area contributed by atoms with Crippen molar-refractivity contribution in [1.82, 2.24) is 9.88 Å². The van der Waals surface area contributed by atoms with Gasteiger partial charge in [-0.25, -0.2) is 0 Å². The van der Waals surface area contributed by atoms with Crippen LogP contribution >= 0.6 is 0 Å². The maximum absolute atomic E-state index is 10.4. The summed E-state index contributed by atoms with van der Waals surface area (Å²) in [5.74, 6) is 0. The standard InChI is InChI=1S/C21H28N2O2/c1-3-25-20-13-19(24)21(20)8-10-23(11-9-21)14-16-12-15(2)22-18-7-5-4-6-17(16)18/h4-7,12,19-20,24H,3,8-11,13-14H2,1-2H3. The molecule has 4 nitrogen and oxygen atoms in total. The second kappa shape index (κ2) is 6.67. The molecule has 2 aromatic rings. The molecule has 1 spiro atoms. The summed E-state index contributed by atoms with van der Waals surface area (Å²) in [4.78, 5) is 7.16. The Balaban J connectivity index is 1.48. The zero-order chi connectivity index (χ0) is 17.4. The second-order valence-electron chi connectivity index (χ2n) is 7.64. The van der Waals surface area contributed by atoms with Crippen molar-refractivity contribution in [2.24, 2.45) is 5.41 Å². The molecule has 1 saturated carbocycles. The number of hydrogen-bond acceptors (Lipinski definition) is 4. The number of piperidine rings is 1. The number of pyridine rings is 1. The monoisotopic (exact) mass is 340 g/mol. The van der Waals surface area contributed by atoms with Gasteiger partial charge in [0, 0.05) is 36.1 Å². The molecule has 1 aliphatic carbocycles. The van der Waals surface area contributed by atoms with Crippen LogP contribution in [-0.4, -0.2) is 46.9 Å². The average Bonchev–Trinajstić information content (AvgIpc) is 2.62. The molecule has 2 aliphatic rings. The van der Waals surface area contributed by atoms with Crippen LogP contribution in [0.2, 0.25) is 0 Å². The van der Waals surface area contributed by atoms with Crippen LogP contribution in [0.15, 0.2) is 30.3 Å². The summed E-state index contributed by atoms with van der Waals surface area (Å²) in [6.07, 6.45) is 2.93. The van der Waals surface area contributed by atoms with Gasteiger partial charge in [-0.2, -0.15) is 0 Å². The molecule has 1 N–H and O–H groups in total. The minimum Gasteiger partial charge on any atom is -0.392 e. The van der Waals surface area contributed by atoms with E-state index in [1.807, 2.05) is 6.92 Å². The van der Waals surface area contributed by atoms with Gasteiger partial charge >= 0.3 is 0 Å². The highest BCUT2D eigenvalue weighted by Gasteiger charge is 2.55. The number of aromatic nitrogens is 1. The third kappa shape index (κ3) is 2.97. The van der Waals surface area contributed by atoms with Crippen molar-refractivity contribution < 1.29 is 9.84 Å². The fourth-order valence-electron chi connectivity index (χ4n) is 4.71. The molecule has 134 valence electrons. The van der Waals surface area contributed by atoms with E-state index in [9.17, 15) is 5.11 Å². The summed E-state index contributed by atoms with van der Waals surface area (Å²) < 4.78 is 5.88. The van der Waals surface area contributed by atoms with E-state index in [4.69, 9.17) is 4.74 Å². The van der Waals surface area contributed by atoms with E-state index in [-0.39, 0.29) is 17.6 Å². The first-order valence-electron chi connectivity index (χ1n) is 9.49. The summed E-state index contributed by atoms with van der Waals surface area (Å²) in [6, 6.07) is 10.6. The molecule has 1 aromatic carbocycles. The molecular weight excluding hydrogens is 312 g/mol. The SMILES string of the molecule is CCOC1CC(O)C12CCN(Cc1cc(C)nc3ccccc13)CC2. The Morgan fingerprint density at radius 1 is 1.28 bits per heavy atom. The molecule has 2 atom stereocenters. The summed E-state index contributed by atoms with van der Waals surface area (Å²) in [7, 11) is 0. The van der Waals surface area contributed by atoms with Gasteiger partial charge in [0.25, 0.3) is 0 Å². The third-order valence-corrected chi connectivity index (χ3v) is 6.22. The number of nitrogens with zero attached hydrogens (tertiary/aromatic N) is 2. The minimum atomic E-state index is -0.185. The first-order valence-corrected chi connectivity index (χ1v) is 9.49. The first-order chi connectivity index (χ1) is 12.1. The summed E-state index contributed by atoms with van der Waals surface area (Å²) in [5.41, 5.74) is 3.52. The zero-order valence-electron chi connectivity index (χ0n) is 15.2. The van der Waals surface area contributed by atoms with Gasteiger partial charge in [0.1, 0.15) is 0 Å². The lowest BCUT2D eigenvalue weighted by Crippen LogP contribution is -2.62. The van der Waals surface area contributed by atoms with E-state index in [1.165, 1.54) is 10.9 Å². The van der Waals surface area contributed by atoms with Crippen molar-refractivity contribution in [1.29, 1.82) is 0 Å². The predicted molar refractivity (Wildman–Crippen MR) is 99.5 cm³/mol. The van der Waals surface area contributed by atoms with Crippen LogP contribution in [0.3, 0.4) is 0 Å². The molecule has 2 fully saturated rings. The third-order valence-electron chi connectivity index (χ3n) is 6.22. The molecule has 1 aromatic heterocycles. The van der Waals surface area contributed by atoms with Crippen LogP contribution in [0.4, 0.5) is 0 Å². The van der Waals surface area contributed by atoms with Crippen LogP contribution in [0.5, 0.6) is 0 Å². The lowest BCUT2D eigenvalue weighted by atomic mass is 9.58. The molecule has 0 amide bonds. The molecule has 4 heteroatoms. The van der Waals surface area contributed by atoms with Crippen molar-refractivity contribution in [2.45, 2.75) is 51.9 Å². The molecule has 2 unspecified atom stereocenters. The number of aryl methyl sites for hydroxylation is 1. The number of fused-ring (bicyclic) bond motifs is 1. The van der Waals surface area contributed by atoms with Gasteiger partial charge in [-0.3, -0.25) is 9.88 Å². The van der Waals surface area contributed by atoms with Crippen LogP contribution in [0, 0.1) is 12.3 Å². The number of rotatable bonds is 4. The summed E-state index contributed by atoms with van der Waals surface area (Å²) >= 11 is 0. The molecule has 0 bridgehead atoms. The Hall–Kier alpha value is -1.49. The van der Waals surface area contributed by atoms with Gasteiger partial charge in [-0.15, -0.1) is 0 Å². The fraction of sp³-hybridized carbons (Fsp3) is 0.571. The lowest BCUT2D eigenvalue weighted by Gasteiger charge is -2.56. The van der Waals surface area contributed by atoms with E-state index < -0.39 is 0 Å². The van der Waals surface area contributed by atoms with Crippen molar-refractivity contribution in [3.8, 4) is 0 Å². The Morgan fingerprint density at radius 3 is 2.76 bits per heavy atom. The topological polar surface area (TPSA) is 45.6 Å². The Labute approximate surface area is 149 Å². The summed E-state index contributed by atoms with van der Waals surface area (Å²) in [5, 5.41) is 11.6. The van der Waals surface area contributed by atoms with E-state index in [0.29, 0.717) is 0 Å². The highest BCUT2D eigenvalue weighted by Crippen LogP contribution is 2.51. The number of ether oxygens (including phenoxy) is 1. The molecule has 0 radical (unpaired) electrons. The van der Waals surface area contributed by atoms with Crippen LogP contribution in [-0.2, 0) is 11.3 Å². The van der Waals surface area contributed by atoms with Gasteiger partial charge < -0.3 is 9.84 Å². The van der Waals surface area contributed by atoms with Gasteiger partial charge in [-0.05, 0) is 57.5 Å². The van der Waals surface area contributed by atoms with Gasteiger partial charge in [0.2, 0.25) is 0 Å². The highest BCUT2D eigenvalue weighted by molar-refractivity contribution is 5.82. The number of hydrogen-bond donors (Lipinski definition) is 1. The normalized spacial score (nSPS) is 26.0. The average molecular weight is 340 g/mol. The molecule has 25 heavy (non-hydrogen) atoms. The van der Waals surface area contributed by atoms with Crippen LogP contribution in [0.25, 0.3) is 10.9 Å². The van der Waals surface area contributed by atoms with E-state index in [0.717, 1.165) is 56.7 Å². The minimum absolute atomic E-state index is 0.00272. The van der Waals surface area contributed by atoms with Crippen LogP contribution in [0.1, 0.15) is 37.4 Å². The molecule has 4 rings (SSSR count). The van der Waals surface area contributed by atoms with E-state index >= 15 is 0 Å².